The van der Waals surface area contributed by atoms with Gasteiger partial charge in [-0.3, -0.25) is 19.2 Å². The highest BCUT2D eigenvalue weighted by Crippen LogP contribution is 2.41. The van der Waals surface area contributed by atoms with Crippen molar-refractivity contribution >= 4 is 29.8 Å². The van der Waals surface area contributed by atoms with Gasteiger partial charge in [-0.1, -0.05) is 128 Å². The number of rotatable bonds is 2. The summed E-state index contributed by atoms with van der Waals surface area (Å²) in [6, 6.07) is 34.0. The van der Waals surface area contributed by atoms with Crippen LogP contribution in [0.15, 0.2) is 140 Å². The number of hydrogen-bond acceptors (Lipinski definition) is 4. The molecule has 0 aromatic heterocycles. The summed E-state index contributed by atoms with van der Waals surface area (Å²) in [6.07, 6.45) is 24.9. The predicted octanol–water partition coefficient (Wildman–Crippen LogP) is 10.5. The molecule has 6 aliphatic carbocycles. The van der Waals surface area contributed by atoms with Crippen LogP contribution < -0.4 is 0 Å². The molecular formula is C53H55NO4. The maximum atomic E-state index is 11.9. The van der Waals surface area contributed by atoms with Crippen molar-refractivity contribution in [3.8, 4) is 0 Å². The Labute approximate surface area is 344 Å². The minimum Gasteiger partial charge on any atom is -0.316 e. The van der Waals surface area contributed by atoms with E-state index in [-0.39, 0.29) is 11.8 Å². The summed E-state index contributed by atoms with van der Waals surface area (Å²) in [4.78, 5) is 45.6. The highest BCUT2D eigenvalue weighted by atomic mass is 16.2. The average molecular weight is 770 g/mol. The van der Waals surface area contributed by atoms with Crippen molar-refractivity contribution in [1.29, 1.82) is 0 Å². The molecule has 5 nitrogen and oxygen atoms in total. The monoisotopic (exact) mass is 769 g/mol. The van der Waals surface area contributed by atoms with E-state index in [0.29, 0.717) is 30.2 Å². The zero-order valence-corrected chi connectivity index (χ0v) is 33.6. The lowest BCUT2D eigenvalue weighted by atomic mass is 9.71. The van der Waals surface area contributed by atoms with E-state index in [1.807, 2.05) is 29.2 Å². The number of likely N-dealkylation sites (tertiary alicyclic amines) is 1. The number of fused-ring (bicyclic) bond motifs is 10. The van der Waals surface area contributed by atoms with E-state index >= 15 is 0 Å². The van der Waals surface area contributed by atoms with Crippen molar-refractivity contribution in [2.75, 3.05) is 6.54 Å². The van der Waals surface area contributed by atoms with Crippen molar-refractivity contribution in [2.24, 2.45) is 11.8 Å². The first-order valence-electron chi connectivity index (χ1n) is 21.2. The Morgan fingerprint density at radius 2 is 1.28 bits per heavy atom. The molecule has 4 unspecified atom stereocenters. The maximum Gasteiger partial charge on any atom is 0.226 e. The molecule has 1 saturated heterocycles. The number of aldehydes is 1. The molecular weight excluding hydrogens is 715 g/mol. The van der Waals surface area contributed by atoms with Crippen LogP contribution in [0.4, 0.5) is 0 Å². The molecule has 1 heterocycles. The Morgan fingerprint density at radius 3 is 2.02 bits per heavy atom. The van der Waals surface area contributed by atoms with Gasteiger partial charge in [0.25, 0.3) is 0 Å². The lowest BCUT2D eigenvalue weighted by Crippen LogP contribution is -2.30. The van der Waals surface area contributed by atoms with Gasteiger partial charge < -0.3 is 4.90 Å². The van der Waals surface area contributed by atoms with Crippen LogP contribution in [0.5, 0.6) is 0 Å². The second-order valence-electron chi connectivity index (χ2n) is 16.2. The fourth-order valence-corrected chi connectivity index (χ4v) is 9.51. The molecule has 4 aromatic rings. The Morgan fingerprint density at radius 1 is 0.638 bits per heavy atom. The predicted molar refractivity (Wildman–Crippen MR) is 233 cm³/mol. The van der Waals surface area contributed by atoms with Crippen molar-refractivity contribution in [2.45, 2.75) is 88.9 Å². The van der Waals surface area contributed by atoms with Gasteiger partial charge in [0, 0.05) is 43.3 Å². The van der Waals surface area contributed by atoms with E-state index in [9.17, 15) is 14.4 Å². The Hall–Kier alpha value is -5.68. The van der Waals surface area contributed by atoms with Crippen LogP contribution in [-0.2, 0) is 51.3 Å². The van der Waals surface area contributed by atoms with Crippen LogP contribution in [0.2, 0.25) is 0 Å². The van der Waals surface area contributed by atoms with Crippen LogP contribution in [0.1, 0.15) is 101 Å². The third-order valence-electron chi connectivity index (χ3n) is 12.4. The number of nitrogens with zero attached hydrogens (tertiary/aromatic N) is 1. The minimum atomic E-state index is 0.148. The second-order valence-corrected chi connectivity index (χ2v) is 16.2. The van der Waals surface area contributed by atoms with Crippen LogP contribution >= 0.6 is 0 Å². The summed E-state index contributed by atoms with van der Waals surface area (Å²) >= 11 is 0. The molecule has 0 N–H and O–H groups in total. The molecule has 4 bridgehead atoms. The maximum absolute atomic E-state index is 11.9. The van der Waals surface area contributed by atoms with E-state index in [1.54, 1.807) is 11.1 Å². The zero-order chi connectivity index (χ0) is 40.3. The molecule has 0 spiro atoms. The largest absolute Gasteiger partial charge is 0.316 e. The Bertz CT molecular complexity index is 2220. The van der Waals surface area contributed by atoms with Gasteiger partial charge in [0.1, 0.15) is 17.9 Å². The lowest BCUT2D eigenvalue weighted by molar-refractivity contribution is -0.126. The van der Waals surface area contributed by atoms with Crippen molar-refractivity contribution in [3.63, 3.8) is 0 Å². The fourth-order valence-electron chi connectivity index (χ4n) is 9.51. The average Bonchev–Trinajstić information content (AvgIpc) is 3.70. The number of carbonyl (C=O) groups is 4. The molecule has 7 aliphatic rings. The molecule has 58 heavy (non-hydrogen) atoms. The number of ketones is 2. The zero-order valence-electron chi connectivity index (χ0n) is 33.6. The van der Waals surface area contributed by atoms with Crippen LogP contribution in [0.3, 0.4) is 0 Å². The summed E-state index contributed by atoms with van der Waals surface area (Å²) in [5.41, 5.74) is 12.3. The summed E-state index contributed by atoms with van der Waals surface area (Å²) in [6.45, 7) is 4.02. The fraction of sp³-hybridized carbons (Fsp3) is 0.321. The van der Waals surface area contributed by atoms with E-state index < -0.39 is 0 Å². The van der Waals surface area contributed by atoms with Crippen LogP contribution in [0.25, 0.3) is 6.08 Å². The Kier molecular flexibility index (Phi) is 13.7. The normalized spacial score (nSPS) is 22.4. The number of allylic oxidation sites excluding steroid dienone is 6. The Balaban J connectivity index is 0.000000115. The molecule has 1 aliphatic heterocycles. The number of carbonyl (C=O) groups excluding carboxylic acids is 4. The van der Waals surface area contributed by atoms with E-state index in [2.05, 4.69) is 110 Å². The van der Waals surface area contributed by atoms with Gasteiger partial charge in [0.05, 0.1) is 0 Å². The molecule has 4 atom stereocenters. The SMILES string of the molecule is C1=CC2Cc3ccccc3C(C1)C2.C=CC=O.O=C1C2C=CCC1c1ccccc1C2.O=C1CCCN1C1=Cc2ccccc2CC1.O=C1CCc2ccccc2C1. The molecule has 1 fully saturated rings. The number of Topliss-reactive ketones (excluding diaryl/α,β-unsaturated/α-hetero) is 2. The van der Waals surface area contributed by atoms with E-state index in [4.69, 9.17) is 4.79 Å². The number of benzene rings is 4. The molecule has 5 heteroatoms. The molecule has 0 radical (unpaired) electrons. The summed E-state index contributed by atoms with van der Waals surface area (Å²) in [5, 5.41) is 0. The number of hydrogen-bond donors (Lipinski definition) is 0. The van der Waals surface area contributed by atoms with E-state index in [1.165, 1.54) is 64.4 Å². The topological polar surface area (TPSA) is 71.5 Å². The molecule has 296 valence electrons. The summed E-state index contributed by atoms with van der Waals surface area (Å²) < 4.78 is 0. The number of aryl methyl sites for hydroxylation is 2. The van der Waals surface area contributed by atoms with Gasteiger partial charge in [-0.05, 0) is 126 Å². The third kappa shape index (κ3) is 9.88. The molecule has 0 saturated carbocycles. The quantitative estimate of drug-likeness (QED) is 0.116. The summed E-state index contributed by atoms with van der Waals surface area (Å²) in [5.74, 6) is 3.05. The van der Waals surface area contributed by atoms with Gasteiger partial charge in [0.15, 0.2) is 0 Å². The lowest BCUT2D eigenvalue weighted by Gasteiger charge is -2.32. The molecule has 11 rings (SSSR count). The first-order valence-corrected chi connectivity index (χ1v) is 21.2. The van der Waals surface area contributed by atoms with Gasteiger partial charge >= 0.3 is 0 Å². The smallest absolute Gasteiger partial charge is 0.226 e. The second kappa shape index (κ2) is 19.7. The molecule has 4 aromatic carbocycles. The van der Waals surface area contributed by atoms with Gasteiger partial charge in [-0.2, -0.15) is 0 Å². The van der Waals surface area contributed by atoms with E-state index in [0.717, 1.165) is 69.7 Å². The highest BCUT2D eigenvalue weighted by Gasteiger charge is 2.35. The van der Waals surface area contributed by atoms with Crippen molar-refractivity contribution in [3.05, 3.63) is 184 Å². The van der Waals surface area contributed by atoms with Crippen molar-refractivity contribution in [1.82, 2.24) is 4.90 Å². The standard InChI is InChI=1S/C14H15NO.C13H12O.C13H14.C10H10O.C3H4O/c16-14-6-3-9-15(14)13-8-7-11-4-1-2-5-12(11)10-13;14-13-10-5-3-7-12(13)11-6-2-1-4-9(11)8-10;1-2-7-13-11(5-1)8-10-4-3-6-12(13)9-10;11-10-6-5-8-3-1-2-4-9(8)7-10;1-2-3-4/h1-2,4-5,10H,3,6-9H2;1-6,10,12H,7-8H2;1-5,7,10,12H,6,8-9H2;1-4H,5-7H2;2-3H,1H2. The van der Waals surface area contributed by atoms with Crippen LogP contribution in [-0.4, -0.2) is 35.2 Å². The first-order chi connectivity index (χ1) is 28.4. The minimum absolute atomic E-state index is 0.148. The van der Waals surface area contributed by atoms with Gasteiger partial charge in [-0.25, -0.2) is 0 Å². The van der Waals surface area contributed by atoms with Gasteiger partial charge in [-0.15, -0.1) is 0 Å². The number of amides is 1. The van der Waals surface area contributed by atoms with Crippen molar-refractivity contribution < 1.29 is 19.2 Å². The van der Waals surface area contributed by atoms with Crippen LogP contribution in [0, 0.1) is 11.8 Å². The molecule has 1 amide bonds. The summed E-state index contributed by atoms with van der Waals surface area (Å²) in [7, 11) is 0. The highest BCUT2D eigenvalue weighted by molar-refractivity contribution is 5.92. The third-order valence-corrected chi connectivity index (χ3v) is 12.4. The van der Waals surface area contributed by atoms with Gasteiger partial charge in [0.2, 0.25) is 5.91 Å². The first kappa shape index (κ1) is 40.5.